The third-order valence-corrected chi connectivity index (χ3v) is 2.68. The minimum Gasteiger partial charge on any atom is -0.384 e. The fourth-order valence-electron chi connectivity index (χ4n) is 1.54. The molecule has 0 fully saturated rings. The smallest absolute Gasteiger partial charge is 0.228 e. The topological polar surface area (TPSA) is 139 Å². The van der Waals surface area contributed by atoms with Gasteiger partial charge >= 0.3 is 0 Å². The van der Waals surface area contributed by atoms with E-state index >= 15 is 0 Å². The van der Waals surface area contributed by atoms with E-state index in [0.717, 1.165) is 0 Å². The lowest BCUT2D eigenvalue weighted by Crippen LogP contribution is -2.10. The number of nitrogen functional groups attached to an aromatic ring is 2. The molecule has 0 aliphatic rings. The second-order valence-corrected chi connectivity index (χ2v) is 4.21. The molecular weight excluding hydrogens is 266 g/mol. The van der Waals surface area contributed by atoms with Crippen molar-refractivity contribution >= 4 is 23.0 Å². The number of nitrogens with two attached hydrogens (primary N) is 2. The molecule has 0 saturated heterocycles. The van der Waals surface area contributed by atoms with Gasteiger partial charge in [-0.3, -0.25) is 10.8 Å². The summed E-state index contributed by atoms with van der Waals surface area (Å²) in [5, 5.41) is 22.4. The van der Waals surface area contributed by atoms with Crippen LogP contribution in [-0.2, 0) is 0 Å². The van der Waals surface area contributed by atoms with E-state index in [9.17, 15) is 0 Å². The highest BCUT2D eigenvalue weighted by Gasteiger charge is 2.01. The third-order valence-electron chi connectivity index (χ3n) is 2.68. The molecule has 0 atom stereocenters. The fourth-order valence-corrected chi connectivity index (χ4v) is 1.54. The quantitative estimate of drug-likeness (QED) is 0.295. The summed E-state index contributed by atoms with van der Waals surface area (Å²) in [4.78, 5) is 3.74. The monoisotopic (exact) mass is 280 g/mol. The predicted octanol–water partition coefficient (Wildman–Crippen LogP) is 2.19. The summed E-state index contributed by atoms with van der Waals surface area (Å²) in [6.45, 7) is 0. The van der Waals surface area contributed by atoms with Gasteiger partial charge in [0.05, 0.1) is 0 Å². The molecule has 0 bridgehead atoms. The molecule has 104 valence electrons. The Morgan fingerprint density at radius 2 is 1.05 bits per heavy atom. The highest BCUT2D eigenvalue weighted by atomic mass is 15.2. The first-order chi connectivity index (χ1) is 10.1. The summed E-state index contributed by atoms with van der Waals surface area (Å²) < 4.78 is 0. The largest absolute Gasteiger partial charge is 0.384 e. The van der Waals surface area contributed by atoms with E-state index < -0.39 is 0 Å². The first-order valence-corrected chi connectivity index (χ1v) is 6.07. The van der Waals surface area contributed by atoms with E-state index in [1.807, 2.05) is 0 Å². The number of hydrogen-bond acceptors (Lipinski definition) is 4. The van der Waals surface area contributed by atoms with Crippen molar-refractivity contribution in [3.05, 3.63) is 59.7 Å². The van der Waals surface area contributed by atoms with Crippen LogP contribution in [0.2, 0.25) is 0 Å². The standard InChI is InChI=1S/C14H14N7/c15-13(16)9-1-5-11(6-2-9)19-21-20-12-7-3-10(4-8-12)14(17)18/h1-8H,(H3,15,16)(H3,17,18)/q+1. The summed E-state index contributed by atoms with van der Waals surface area (Å²) in [7, 11) is 0. The zero-order chi connectivity index (χ0) is 15.2. The first kappa shape index (κ1) is 14.1. The molecule has 2 aromatic carbocycles. The van der Waals surface area contributed by atoms with E-state index in [1.54, 1.807) is 48.5 Å². The molecule has 0 spiro atoms. The van der Waals surface area contributed by atoms with Gasteiger partial charge in [-0.05, 0) is 48.5 Å². The molecule has 6 N–H and O–H groups in total. The maximum atomic E-state index is 7.28. The Kier molecular flexibility index (Phi) is 4.18. The Labute approximate surface area is 121 Å². The van der Waals surface area contributed by atoms with Crippen LogP contribution in [0.3, 0.4) is 0 Å². The minimum atomic E-state index is 0.00809. The highest BCUT2D eigenvalue weighted by Crippen LogP contribution is 2.13. The van der Waals surface area contributed by atoms with E-state index in [2.05, 4.69) is 15.1 Å². The van der Waals surface area contributed by atoms with Gasteiger partial charge in [-0.2, -0.15) is 0 Å². The van der Waals surface area contributed by atoms with Gasteiger partial charge in [0.1, 0.15) is 11.7 Å². The van der Waals surface area contributed by atoms with Gasteiger partial charge in [0.2, 0.25) is 4.91 Å². The zero-order valence-electron chi connectivity index (χ0n) is 11.1. The van der Waals surface area contributed by atoms with E-state index in [1.165, 1.54) is 0 Å². The van der Waals surface area contributed by atoms with Crippen LogP contribution in [0.25, 0.3) is 0 Å². The summed E-state index contributed by atoms with van der Waals surface area (Å²) in [6.07, 6.45) is 0. The second kappa shape index (κ2) is 6.23. The molecule has 0 aliphatic carbocycles. The Hall–Kier alpha value is -3.31. The van der Waals surface area contributed by atoms with Crippen molar-refractivity contribution in [2.24, 2.45) is 21.7 Å². The van der Waals surface area contributed by atoms with E-state index in [0.29, 0.717) is 22.5 Å². The van der Waals surface area contributed by atoms with Crippen LogP contribution in [-0.4, -0.2) is 11.7 Å². The maximum Gasteiger partial charge on any atom is 0.228 e. The molecule has 7 nitrogen and oxygen atoms in total. The van der Waals surface area contributed by atoms with Crippen LogP contribution in [0.1, 0.15) is 11.1 Å². The van der Waals surface area contributed by atoms with Gasteiger partial charge in [-0.1, -0.05) is 0 Å². The predicted molar refractivity (Wildman–Crippen MR) is 81.2 cm³/mol. The number of hydrogen-bond donors (Lipinski definition) is 4. The molecule has 0 amide bonds. The molecule has 0 aromatic heterocycles. The highest BCUT2D eigenvalue weighted by molar-refractivity contribution is 5.95. The average molecular weight is 280 g/mol. The van der Waals surface area contributed by atoms with Crippen molar-refractivity contribution in [1.82, 2.24) is 4.91 Å². The van der Waals surface area contributed by atoms with E-state index in [4.69, 9.17) is 22.3 Å². The summed E-state index contributed by atoms with van der Waals surface area (Å²) in [5.74, 6) is 0.0162. The SMILES string of the molecule is N=C(N)c1ccc(N=[N+]=Nc2ccc(C(=N)N)cc2)cc1. The fraction of sp³-hybridized carbons (Fsp3) is 0. The zero-order valence-corrected chi connectivity index (χ0v) is 11.1. The van der Waals surface area contributed by atoms with Gasteiger partial charge in [-0.25, -0.2) is 0 Å². The maximum absolute atomic E-state index is 7.28. The van der Waals surface area contributed by atoms with Crippen molar-refractivity contribution in [3.8, 4) is 0 Å². The molecule has 0 radical (unpaired) electrons. The summed E-state index contributed by atoms with van der Waals surface area (Å²) in [5.41, 5.74) is 13.2. The van der Waals surface area contributed by atoms with Crippen molar-refractivity contribution in [2.45, 2.75) is 0 Å². The van der Waals surface area contributed by atoms with Gasteiger partial charge in [-0.15, -0.1) is 0 Å². The summed E-state index contributed by atoms with van der Waals surface area (Å²) >= 11 is 0. The van der Waals surface area contributed by atoms with Gasteiger partial charge in [0, 0.05) is 11.1 Å². The second-order valence-electron chi connectivity index (χ2n) is 4.21. The lowest BCUT2D eigenvalue weighted by Gasteiger charge is -1.94. The van der Waals surface area contributed by atoms with Crippen molar-refractivity contribution in [3.63, 3.8) is 0 Å². The molecule has 0 saturated carbocycles. The number of nitrogens with zero attached hydrogens (tertiary/aromatic N) is 3. The minimum absolute atomic E-state index is 0.00809. The van der Waals surface area contributed by atoms with Crippen LogP contribution in [0, 0.1) is 10.8 Å². The van der Waals surface area contributed by atoms with Gasteiger partial charge in [0.25, 0.3) is 0 Å². The summed E-state index contributed by atoms with van der Waals surface area (Å²) in [6, 6.07) is 13.6. The van der Waals surface area contributed by atoms with Gasteiger partial charge < -0.3 is 11.5 Å². The molecular formula is C14H14N7+. The number of benzene rings is 2. The van der Waals surface area contributed by atoms with Crippen LogP contribution in [0.15, 0.2) is 58.8 Å². The average Bonchev–Trinajstić information content (AvgIpc) is 2.48. The molecule has 2 rings (SSSR count). The Bertz CT molecular complexity index is 661. The number of amidine groups is 2. The molecule has 0 aliphatic heterocycles. The Morgan fingerprint density at radius 1 is 0.714 bits per heavy atom. The molecule has 21 heavy (non-hydrogen) atoms. The molecule has 0 unspecified atom stereocenters. The Balaban J connectivity index is 2.12. The van der Waals surface area contributed by atoms with Crippen LogP contribution >= 0.6 is 0 Å². The molecule has 2 aromatic rings. The number of nitrogens with one attached hydrogen (secondary N) is 2. The van der Waals surface area contributed by atoms with Crippen LogP contribution in [0.4, 0.5) is 11.4 Å². The van der Waals surface area contributed by atoms with Crippen molar-refractivity contribution in [2.75, 3.05) is 0 Å². The van der Waals surface area contributed by atoms with Crippen molar-refractivity contribution in [1.29, 1.82) is 10.8 Å². The normalized spacial score (nSPS) is 9.52. The number of rotatable bonds is 4. The third kappa shape index (κ3) is 3.82. The van der Waals surface area contributed by atoms with Crippen LogP contribution < -0.4 is 16.4 Å². The Morgan fingerprint density at radius 3 is 1.33 bits per heavy atom. The lowest BCUT2D eigenvalue weighted by molar-refractivity contribution is 1.06. The molecule has 7 heteroatoms. The lowest BCUT2D eigenvalue weighted by atomic mass is 10.2. The van der Waals surface area contributed by atoms with Crippen LogP contribution in [0.5, 0.6) is 0 Å². The van der Waals surface area contributed by atoms with E-state index in [-0.39, 0.29) is 11.7 Å². The first-order valence-electron chi connectivity index (χ1n) is 6.07. The van der Waals surface area contributed by atoms with Gasteiger partial charge in [0.15, 0.2) is 21.6 Å². The molecule has 0 heterocycles. The van der Waals surface area contributed by atoms with Crippen molar-refractivity contribution < 1.29 is 0 Å².